The molecule has 2 aliphatic heterocycles. The van der Waals surface area contributed by atoms with Gasteiger partial charge in [-0.25, -0.2) is 5.01 Å². The molecule has 5 rings (SSSR count). The van der Waals surface area contributed by atoms with Gasteiger partial charge in [0.05, 0.1) is 40.4 Å². The number of amides is 2. The highest BCUT2D eigenvalue weighted by atomic mass is 35.5. The maximum absolute atomic E-state index is 13.7. The van der Waals surface area contributed by atoms with E-state index in [0.717, 1.165) is 28.6 Å². The van der Waals surface area contributed by atoms with E-state index in [1.165, 1.54) is 0 Å². The van der Waals surface area contributed by atoms with Crippen LogP contribution >= 0.6 is 34.3 Å². The highest BCUT2D eigenvalue weighted by Crippen LogP contribution is 2.36. The summed E-state index contributed by atoms with van der Waals surface area (Å²) >= 11 is 9.58. The van der Waals surface area contributed by atoms with Gasteiger partial charge in [-0.2, -0.15) is 5.10 Å². The normalized spacial score (nSPS) is 18.3. The van der Waals surface area contributed by atoms with Gasteiger partial charge in [0.2, 0.25) is 0 Å². The van der Waals surface area contributed by atoms with Gasteiger partial charge in [-0.05, 0) is 35.0 Å². The number of nitrogens with zero attached hydrogens (tertiary/aromatic N) is 4. The average Bonchev–Trinajstić information content (AvgIpc) is 3.68. The van der Waals surface area contributed by atoms with Crippen molar-refractivity contribution in [1.82, 2.24) is 14.8 Å². The van der Waals surface area contributed by atoms with Crippen LogP contribution in [0.1, 0.15) is 32.6 Å². The summed E-state index contributed by atoms with van der Waals surface area (Å²) in [4.78, 5) is 33.2. The average molecular weight is 543 g/mol. The van der Waals surface area contributed by atoms with Gasteiger partial charge in [-0.3, -0.25) is 14.5 Å². The van der Waals surface area contributed by atoms with E-state index in [9.17, 15) is 9.59 Å². The minimum absolute atomic E-state index is 0.0719. The van der Waals surface area contributed by atoms with Crippen LogP contribution in [0.4, 0.5) is 0 Å². The number of hydrogen-bond donors (Lipinski definition) is 0. The third-order valence-corrected chi connectivity index (χ3v) is 8.57. The first-order chi connectivity index (χ1) is 17.6. The summed E-state index contributed by atoms with van der Waals surface area (Å²) in [6.45, 7) is 3.96. The molecule has 0 aliphatic carbocycles. The van der Waals surface area contributed by atoms with Crippen LogP contribution in [0.25, 0.3) is 0 Å². The largest absolute Gasteiger partial charge is 0.379 e. The molecule has 0 bridgehead atoms. The van der Waals surface area contributed by atoms with Crippen LogP contribution in [-0.2, 0) is 9.53 Å². The standard InChI is InChI=1S/C26H27ClN4O3S2/c27-20-6-2-1-5-19(20)26(33)30(10-9-29-11-13-34-14-12-29)18-25(32)31-22(24-8-4-16-36-24)17-21(28-31)23-7-3-15-35-23/h1-8,15-16,22H,9-14,17-18H2. The van der Waals surface area contributed by atoms with Crippen LogP contribution in [0, 0.1) is 0 Å². The van der Waals surface area contributed by atoms with E-state index in [1.807, 2.05) is 35.0 Å². The molecule has 0 N–H and O–H groups in total. The number of hydrazone groups is 1. The number of hydrogen-bond acceptors (Lipinski definition) is 7. The van der Waals surface area contributed by atoms with Gasteiger partial charge in [0, 0.05) is 37.5 Å². The number of carbonyl (C=O) groups excluding carboxylic acids is 2. The van der Waals surface area contributed by atoms with Gasteiger partial charge in [0.25, 0.3) is 11.8 Å². The summed E-state index contributed by atoms with van der Waals surface area (Å²) in [6, 6.07) is 14.8. The zero-order chi connectivity index (χ0) is 24.9. The third-order valence-electron chi connectivity index (χ3n) is 6.35. The van der Waals surface area contributed by atoms with Crippen LogP contribution < -0.4 is 0 Å². The minimum atomic E-state index is -0.253. The van der Waals surface area contributed by atoms with E-state index >= 15 is 0 Å². The molecule has 3 aromatic rings. The quantitative estimate of drug-likeness (QED) is 0.417. The van der Waals surface area contributed by atoms with Gasteiger partial charge < -0.3 is 9.64 Å². The molecule has 36 heavy (non-hydrogen) atoms. The molecule has 10 heteroatoms. The molecule has 2 amide bonds. The summed E-state index contributed by atoms with van der Waals surface area (Å²) in [7, 11) is 0. The number of thiophene rings is 2. The maximum Gasteiger partial charge on any atom is 0.262 e. The van der Waals surface area contributed by atoms with Crippen molar-refractivity contribution in [3.05, 3.63) is 79.6 Å². The monoisotopic (exact) mass is 542 g/mol. The molecular formula is C26H27ClN4O3S2. The van der Waals surface area contributed by atoms with Gasteiger partial charge >= 0.3 is 0 Å². The van der Waals surface area contributed by atoms with Crippen molar-refractivity contribution in [2.24, 2.45) is 5.10 Å². The first-order valence-corrected chi connectivity index (χ1v) is 14.0. The first kappa shape index (κ1) is 25.1. The topological polar surface area (TPSA) is 65.5 Å². The van der Waals surface area contributed by atoms with E-state index in [2.05, 4.69) is 4.90 Å². The number of halogens is 1. The van der Waals surface area contributed by atoms with Crippen molar-refractivity contribution in [3.8, 4) is 0 Å². The number of ether oxygens (including phenoxy) is 1. The fourth-order valence-corrected chi connectivity index (χ4v) is 6.16. The minimum Gasteiger partial charge on any atom is -0.379 e. The van der Waals surface area contributed by atoms with Gasteiger partial charge in [-0.1, -0.05) is 35.9 Å². The Hall–Kier alpha value is -2.56. The highest BCUT2D eigenvalue weighted by Gasteiger charge is 2.35. The molecule has 2 aliphatic rings. The van der Waals surface area contributed by atoms with Crippen LogP contribution in [0.2, 0.25) is 5.02 Å². The van der Waals surface area contributed by atoms with Crippen molar-refractivity contribution >= 4 is 51.8 Å². The highest BCUT2D eigenvalue weighted by molar-refractivity contribution is 7.12. The molecule has 0 saturated carbocycles. The zero-order valence-corrected chi connectivity index (χ0v) is 22.1. The molecule has 1 fully saturated rings. The molecule has 1 saturated heterocycles. The van der Waals surface area contributed by atoms with E-state index in [0.29, 0.717) is 43.3 Å². The summed E-state index contributed by atoms with van der Waals surface area (Å²) in [5.41, 5.74) is 1.29. The summed E-state index contributed by atoms with van der Waals surface area (Å²) in [6.07, 6.45) is 0.652. The molecule has 4 heterocycles. The van der Waals surface area contributed by atoms with Crippen LogP contribution in [0.15, 0.2) is 64.4 Å². The molecular weight excluding hydrogens is 516 g/mol. The van der Waals surface area contributed by atoms with Gasteiger partial charge in [0.1, 0.15) is 6.54 Å². The first-order valence-electron chi connectivity index (χ1n) is 11.9. The fraction of sp³-hybridized carbons (Fsp3) is 0.346. The number of morpholine rings is 1. The van der Waals surface area contributed by atoms with Crippen LogP contribution in [-0.4, -0.2) is 78.3 Å². The van der Waals surface area contributed by atoms with E-state index < -0.39 is 0 Å². The van der Waals surface area contributed by atoms with Crippen molar-refractivity contribution in [2.75, 3.05) is 45.9 Å². The lowest BCUT2D eigenvalue weighted by Crippen LogP contribution is -2.46. The summed E-state index contributed by atoms with van der Waals surface area (Å²) in [5.74, 6) is -0.459. The molecule has 0 radical (unpaired) electrons. The predicted octanol–water partition coefficient (Wildman–Crippen LogP) is 4.62. The lowest BCUT2D eigenvalue weighted by molar-refractivity contribution is -0.133. The van der Waals surface area contributed by atoms with E-state index in [-0.39, 0.29) is 24.4 Å². The third kappa shape index (κ3) is 5.71. The van der Waals surface area contributed by atoms with Crippen LogP contribution in [0.3, 0.4) is 0 Å². The Morgan fingerprint density at radius 1 is 1.06 bits per heavy atom. The Kier molecular flexibility index (Phi) is 8.13. The molecule has 7 nitrogen and oxygen atoms in total. The second kappa shape index (κ2) is 11.7. The van der Waals surface area contributed by atoms with Crippen molar-refractivity contribution in [3.63, 3.8) is 0 Å². The lowest BCUT2D eigenvalue weighted by atomic mass is 10.1. The van der Waals surface area contributed by atoms with Crippen molar-refractivity contribution in [2.45, 2.75) is 12.5 Å². The van der Waals surface area contributed by atoms with Gasteiger partial charge in [0.15, 0.2) is 0 Å². The molecule has 188 valence electrons. The molecule has 1 atom stereocenters. The zero-order valence-electron chi connectivity index (χ0n) is 19.7. The predicted molar refractivity (Wildman–Crippen MR) is 144 cm³/mol. The fourth-order valence-electron chi connectivity index (χ4n) is 4.41. The Morgan fingerprint density at radius 3 is 2.56 bits per heavy atom. The van der Waals surface area contributed by atoms with Crippen molar-refractivity contribution in [1.29, 1.82) is 0 Å². The summed E-state index contributed by atoms with van der Waals surface area (Å²) in [5, 5.41) is 10.7. The van der Waals surface area contributed by atoms with E-state index in [1.54, 1.807) is 56.8 Å². The van der Waals surface area contributed by atoms with E-state index in [4.69, 9.17) is 21.4 Å². The Labute approximate surface area is 223 Å². The van der Waals surface area contributed by atoms with Gasteiger partial charge in [-0.15, -0.1) is 22.7 Å². The number of rotatable bonds is 8. The second-order valence-electron chi connectivity index (χ2n) is 8.66. The maximum atomic E-state index is 13.7. The summed E-state index contributed by atoms with van der Waals surface area (Å²) < 4.78 is 5.45. The lowest BCUT2D eigenvalue weighted by Gasteiger charge is -2.31. The molecule has 0 spiro atoms. The Bertz CT molecular complexity index is 1210. The number of benzene rings is 1. The SMILES string of the molecule is O=C(c1ccccc1Cl)N(CCN1CCOCC1)CC(=O)N1N=C(c2cccs2)CC1c1cccs1. The molecule has 1 aromatic carbocycles. The Morgan fingerprint density at radius 2 is 1.83 bits per heavy atom. The van der Waals surface area contributed by atoms with Crippen molar-refractivity contribution < 1.29 is 14.3 Å². The molecule has 2 aromatic heterocycles. The second-order valence-corrected chi connectivity index (χ2v) is 11.0. The smallest absolute Gasteiger partial charge is 0.262 e. The number of carbonyl (C=O) groups is 2. The van der Waals surface area contributed by atoms with Crippen LogP contribution in [0.5, 0.6) is 0 Å². The Balaban J connectivity index is 1.38. The molecule has 1 unspecified atom stereocenters.